The van der Waals surface area contributed by atoms with Gasteiger partial charge in [-0.2, -0.15) is 13.2 Å². The monoisotopic (exact) mass is 369 g/mol. The minimum absolute atomic E-state index is 0.0882. The van der Waals surface area contributed by atoms with E-state index < -0.39 is 17.6 Å². The Balaban J connectivity index is 1.83. The Morgan fingerprint density at radius 2 is 1.77 bits per heavy atom. The van der Waals surface area contributed by atoms with Crippen LogP contribution in [0.1, 0.15) is 11.3 Å². The van der Waals surface area contributed by atoms with Crippen LogP contribution >= 0.6 is 0 Å². The third-order valence-corrected chi connectivity index (χ3v) is 3.37. The zero-order valence-corrected chi connectivity index (χ0v) is 14.0. The first-order valence-corrected chi connectivity index (χ1v) is 7.69. The van der Waals surface area contributed by atoms with Crippen molar-refractivity contribution in [2.45, 2.75) is 12.7 Å². The van der Waals surface area contributed by atoms with Crippen LogP contribution in [0.15, 0.2) is 47.1 Å². The number of hydrogen-bond acceptors (Lipinski definition) is 4. The molecule has 0 saturated heterocycles. The lowest BCUT2D eigenvalue weighted by Gasteiger charge is -2.17. The summed E-state index contributed by atoms with van der Waals surface area (Å²) in [6.07, 6.45) is -3.09. The molecule has 1 aromatic heterocycles. The van der Waals surface area contributed by atoms with Crippen LogP contribution < -0.4 is 10.6 Å². The highest BCUT2D eigenvalue weighted by molar-refractivity contribution is 5.93. The first-order chi connectivity index (χ1) is 12.3. The maximum absolute atomic E-state index is 12.9. The Morgan fingerprint density at radius 1 is 1.08 bits per heavy atom. The predicted molar refractivity (Wildman–Crippen MR) is 88.1 cm³/mol. The summed E-state index contributed by atoms with van der Waals surface area (Å²) >= 11 is 0. The number of rotatable bonds is 7. The van der Waals surface area contributed by atoms with Gasteiger partial charge in [0.15, 0.2) is 0 Å². The van der Waals surface area contributed by atoms with Gasteiger partial charge in [-0.25, -0.2) is 0 Å². The fourth-order valence-corrected chi connectivity index (χ4v) is 2.23. The minimum atomic E-state index is -4.57. The highest BCUT2D eigenvalue weighted by Crippen LogP contribution is 2.34. The number of benzene rings is 1. The molecule has 0 aliphatic heterocycles. The number of para-hydroxylation sites is 1. The number of carbonyl (C=O) groups excluding carboxylic acids is 2. The van der Waals surface area contributed by atoms with Crippen LogP contribution in [0.5, 0.6) is 0 Å². The summed E-state index contributed by atoms with van der Waals surface area (Å²) in [5.74, 6) is -0.405. The molecule has 0 atom stereocenters. The van der Waals surface area contributed by atoms with E-state index in [1.54, 1.807) is 12.1 Å². The van der Waals surface area contributed by atoms with E-state index in [-0.39, 0.29) is 31.2 Å². The number of hydrogen-bond donors (Lipinski definition) is 2. The van der Waals surface area contributed by atoms with Crippen LogP contribution in [-0.4, -0.2) is 36.9 Å². The largest absolute Gasteiger partial charge is 0.467 e. The van der Waals surface area contributed by atoms with E-state index in [0.29, 0.717) is 5.76 Å². The molecule has 0 unspecified atom stereocenters. The van der Waals surface area contributed by atoms with E-state index in [0.717, 1.165) is 6.07 Å². The van der Waals surface area contributed by atoms with Crippen molar-refractivity contribution < 1.29 is 27.2 Å². The van der Waals surface area contributed by atoms with Crippen molar-refractivity contribution in [2.75, 3.05) is 25.5 Å². The Morgan fingerprint density at radius 3 is 2.42 bits per heavy atom. The van der Waals surface area contributed by atoms with Crippen molar-refractivity contribution in [3.8, 4) is 0 Å². The number of nitrogens with zero attached hydrogens (tertiary/aromatic N) is 1. The fourth-order valence-electron chi connectivity index (χ4n) is 2.23. The van der Waals surface area contributed by atoms with Crippen molar-refractivity contribution in [1.82, 2.24) is 10.2 Å². The molecule has 0 radical (unpaired) electrons. The molecule has 1 aromatic carbocycles. The summed E-state index contributed by atoms with van der Waals surface area (Å²) in [7, 11) is 1.52. The number of likely N-dealkylation sites (N-methyl/N-ethyl adjacent to an activating group) is 1. The standard InChI is InChI=1S/C17H18F3N3O3/c1-23(10-15(24)21-9-12-5-4-8-26-12)11-16(25)22-14-7-3-2-6-13(14)17(18,19)20/h2-8H,9-11H2,1H3,(H,21,24)(H,22,25). The van der Waals surface area contributed by atoms with Gasteiger partial charge in [0.2, 0.25) is 11.8 Å². The highest BCUT2D eigenvalue weighted by atomic mass is 19.4. The van der Waals surface area contributed by atoms with Crippen molar-refractivity contribution in [2.24, 2.45) is 0 Å². The number of amides is 2. The van der Waals surface area contributed by atoms with Crippen LogP contribution in [0.25, 0.3) is 0 Å². The van der Waals surface area contributed by atoms with Gasteiger partial charge in [0.05, 0.1) is 37.1 Å². The van der Waals surface area contributed by atoms with Gasteiger partial charge in [-0.15, -0.1) is 0 Å². The highest BCUT2D eigenvalue weighted by Gasteiger charge is 2.33. The van der Waals surface area contributed by atoms with Gasteiger partial charge in [0, 0.05) is 0 Å². The molecule has 2 N–H and O–H groups in total. The molecule has 9 heteroatoms. The summed E-state index contributed by atoms with van der Waals surface area (Å²) in [6.45, 7) is -0.111. The van der Waals surface area contributed by atoms with Crippen molar-refractivity contribution >= 4 is 17.5 Å². The molecule has 0 aliphatic carbocycles. The normalized spacial score (nSPS) is 11.4. The molecule has 1 heterocycles. The molecular weight excluding hydrogens is 351 g/mol. The second-order valence-electron chi connectivity index (χ2n) is 5.62. The zero-order chi connectivity index (χ0) is 19.2. The van der Waals surface area contributed by atoms with E-state index in [9.17, 15) is 22.8 Å². The number of carbonyl (C=O) groups is 2. The van der Waals surface area contributed by atoms with E-state index in [2.05, 4.69) is 10.6 Å². The smallest absolute Gasteiger partial charge is 0.418 e. The first kappa shape index (κ1) is 19.5. The van der Waals surface area contributed by atoms with Crippen LogP contribution in [-0.2, 0) is 22.3 Å². The first-order valence-electron chi connectivity index (χ1n) is 7.69. The van der Waals surface area contributed by atoms with Crippen molar-refractivity contribution in [1.29, 1.82) is 0 Å². The lowest BCUT2D eigenvalue weighted by molar-refractivity contribution is -0.137. The summed E-state index contributed by atoms with van der Waals surface area (Å²) in [6, 6.07) is 8.11. The molecule has 140 valence electrons. The van der Waals surface area contributed by atoms with E-state index in [4.69, 9.17) is 4.42 Å². The third kappa shape index (κ3) is 5.92. The van der Waals surface area contributed by atoms with Crippen LogP contribution in [0.4, 0.5) is 18.9 Å². The maximum atomic E-state index is 12.9. The quantitative estimate of drug-likeness (QED) is 0.786. The third-order valence-electron chi connectivity index (χ3n) is 3.37. The van der Waals surface area contributed by atoms with Crippen LogP contribution in [0, 0.1) is 0 Å². The molecule has 6 nitrogen and oxygen atoms in total. The Kier molecular flexibility index (Phi) is 6.40. The fraction of sp³-hybridized carbons (Fsp3) is 0.294. The lowest BCUT2D eigenvalue weighted by atomic mass is 10.1. The molecule has 0 fully saturated rings. The molecular formula is C17H18F3N3O3. The number of anilines is 1. The average Bonchev–Trinajstić information content (AvgIpc) is 3.05. The van der Waals surface area contributed by atoms with E-state index in [1.807, 2.05) is 0 Å². The second-order valence-corrected chi connectivity index (χ2v) is 5.62. The molecule has 0 bridgehead atoms. The van der Waals surface area contributed by atoms with Crippen LogP contribution in [0.2, 0.25) is 0 Å². The number of alkyl halides is 3. The minimum Gasteiger partial charge on any atom is -0.467 e. The van der Waals surface area contributed by atoms with Gasteiger partial charge < -0.3 is 15.1 Å². The lowest BCUT2D eigenvalue weighted by Crippen LogP contribution is -2.38. The van der Waals surface area contributed by atoms with Crippen molar-refractivity contribution in [3.05, 3.63) is 54.0 Å². The van der Waals surface area contributed by atoms with Gasteiger partial charge >= 0.3 is 6.18 Å². The van der Waals surface area contributed by atoms with Crippen molar-refractivity contribution in [3.63, 3.8) is 0 Å². The van der Waals surface area contributed by atoms with Gasteiger partial charge in [-0.05, 0) is 31.3 Å². The molecule has 2 rings (SSSR count). The van der Waals surface area contributed by atoms with Gasteiger partial charge in [0.25, 0.3) is 0 Å². The van der Waals surface area contributed by atoms with Gasteiger partial charge in [0.1, 0.15) is 5.76 Å². The van der Waals surface area contributed by atoms with Gasteiger partial charge in [-0.1, -0.05) is 12.1 Å². The number of halogens is 3. The molecule has 26 heavy (non-hydrogen) atoms. The predicted octanol–water partition coefficient (Wildman–Crippen LogP) is 2.49. The maximum Gasteiger partial charge on any atom is 0.418 e. The average molecular weight is 369 g/mol. The molecule has 0 aliphatic rings. The zero-order valence-electron chi connectivity index (χ0n) is 14.0. The van der Waals surface area contributed by atoms with E-state index in [1.165, 1.54) is 36.4 Å². The molecule has 0 saturated carbocycles. The summed E-state index contributed by atoms with van der Waals surface area (Å²) in [5, 5.41) is 4.84. The topological polar surface area (TPSA) is 74.6 Å². The number of nitrogens with one attached hydrogen (secondary N) is 2. The Labute approximate surface area is 148 Å². The summed E-state index contributed by atoms with van der Waals surface area (Å²) in [5.41, 5.74) is -1.24. The Bertz CT molecular complexity index is 745. The molecule has 2 aromatic rings. The molecule has 0 spiro atoms. The summed E-state index contributed by atoms with van der Waals surface area (Å²) < 4.78 is 43.8. The SMILES string of the molecule is CN(CC(=O)NCc1ccco1)CC(=O)Nc1ccccc1C(F)(F)F. The second kappa shape index (κ2) is 8.52. The van der Waals surface area contributed by atoms with Gasteiger partial charge in [-0.3, -0.25) is 14.5 Å². The molecule has 2 amide bonds. The Hall–Kier alpha value is -2.81. The number of furan rings is 1. The van der Waals surface area contributed by atoms with E-state index >= 15 is 0 Å². The summed E-state index contributed by atoms with van der Waals surface area (Å²) in [4.78, 5) is 25.2. The van der Waals surface area contributed by atoms with Crippen LogP contribution in [0.3, 0.4) is 0 Å².